The Morgan fingerprint density at radius 2 is 1.36 bits per heavy atom. The topological polar surface area (TPSA) is 93.1 Å². The average Bonchev–Trinajstić information content (AvgIpc) is 2.06. The van der Waals surface area contributed by atoms with Gasteiger partial charge in [-0.05, 0) is 0 Å². The van der Waals surface area contributed by atoms with Crippen LogP contribution in [0.25, 0.3) is 0 Å². The van der Waals surface area contributed by atoms with Gasteiger partial charge in [-0.3, -0.25) is 9.59 Å². The van der Waals surface area contributed by atoms with Gasteiger partial charge in [0.1, 0.15) is 0 Å². The van der Waals surface area contributed by atoms with Crippen molar-refractivity contribution in [3.63, 3.8) is 0 Å². The maximum absolute atomic E-state index is 10.3. The van der Waals surface area contributed by atoms with E-state index in [1.807, 2.05) is 0 Å². The maximum Gasteiger partial charge on any atom is 0.306 e. The molecular weight excluding hydrogens is 192 g/mol. The van der Waals surface area contributed by atoms with Crippen LogP contribution in [0.4, 0.5) is 0 Å². The number of carboxylic acid groups (broad SMARTS) is 2. The summed E-state index contributed by atoms with van der Waals surface area (Å²) in [4.78, 5) is 20.6. The second kappa shape index (κ2) is 4.92. The molecule has 6 heteroatoms. The maximum atomic E-state index is 10.3. The van der Waals surface area contributed by atoms with Crippen molar-refractivity contribution >= 4 is 11.9 Å². The van der Waals surface area contributed by atoms with Gasteiger partial charge in [0.25, 0.3) is 0 Å². The Morgan fingerprint density at radius 1 is 1.00 bits per heavy atom. The highest BCUT2D eigenvalue weighted by Gasteiger charge is 2.25. The molecule has 80 valence electrons. The Balaban J connectivity index is 2.24. The van der Waals surface area contributed by atoms with Crippen molar-refractivity contribution in [3.8, 4) is 0 Å². The highest BCUT2D eigenvalue weighted by Crippen LogP contribution is 2.12. The minimum absolute atomic E-state index is 0.111. The van der Waals surface area contributed by atoms with E-state index in [4.69, 9.17) is 19.7 Å². The molecule has 0 spiro atoms. The quantitative estimate of drug-likeness (QED) is 0.654. The van der Waals surface area contributed by atoms with Crippen molar-refractivity contribution in [2.75, 3.05) is 13.2 Å². The molecule has 0 aromatic rings. The molecule has 2 unspecified atom stereocenters. The summed E-state index contributed by atoms with van der Waals surface area (Å²) >= 11 is 0. The molecule has 1 rings (SSSR count). The summed E-state index contributed by atoms with van der Waals surface area (Å²) in [6, 6.07) is 0. The molecule has 0 amide bonds. The van der Waals surface area contributed by atoms with Crippen molar-refractivity contribution in [1.82, 2.24) is 0 Å². The minimum Gasteiger partial charge on any atom is -0.481 e. The van der Waals surface area contributed by atoms with Crippen LogP contribution in [-0.2, 0) is 19.1 Å². The van der Waals surface area contributed by atoms with Crippen molar-refractivity contribution in [2.24, 2.45) is 0 Å². The summed E-state index contributed by atoms with van der Waals surface area (Å²) in [6.07, 6.45) is -1.14. The van der Waals surface area contributed by atoms with E-state index in [-0.39, 0.29) is 26.1 Å². The molecular formula is C8H12O6. The second-order valence-corrected chi connectivity index (χ2v) is 3.11. The molecule has 0 saturated carbocycles. The zero-order chi connectivity index (χ0) is 10.6. The molecule has 2 N–H and O–H groups in total. The largest absolute Gasteiger partial charge is 0.481 e. The van der Waals surface area contributed by atoms with Gasteiger partial charge in [-0.15, -0.1) is 0 Å². The summed E-state index contributed by atoms with van der Waals surface area (Å²) in [5.41, 5.74) is 0. The van der Waals surface area contributed by atoms with E-state index in [0.29, 0.717) is 0 Å². The first-order chi connectivity index (χ1) is 6.58. The van der Waals surface area contributed by atoms with E-state index in [1.165, 1.54) is 0 Å². The molecule has 2 atom stereocenters. The fourth-order valence-corrected chi connectivity index (χ4v) is 1.21. The third-order valence-electron chi connectivity index (χ3n) is 1.84. The Bertz CT molecular complexity index is 194. The predicted octanol–water partition coefficient (Wildman–Crippen LogP) is -0.280. The fourth-order valence-electron chi connectivity index (χ4n) is 1.21. The molecule has 1 aliphatic rings. The SMILES string of the molecule is O=C(O)CC1COC(CC(=O)O)CO1. The first kappa shape index (κ1) is 10.9. The number of hydrogen-bond acceptors (Lipinski definition) is 4. The molecule has 1 heterocycles. The minimum atomic E-state index is -0.949. The smallest absolute Gasteiger partial charge is 0.306 e. The van der Waals surface area contributed by atoms with E-state index in [2.05, 4.69) is 0 Å². The van der Waals surface area contributed by atoms with Crippen LogP contribution in [0.15, 0.2) is 0 Å². The number of rotatable bonds is 4. The lowest BCUT2D eigenvalue weighted by Crippen LogP contribution is -2.37. The van der Waals surface area contributed by atoms with E-state index in [1.54, 1.807) is 0 Å². The van der Waals surface area contributed by atoms with Gasteiger partial charge in [0, 0.05) is 0 Å². The lowest BCUT2D eigenvalue weighted by molar-refractivity contribution is -0.164. The number of carboxylic acids is 2. The third kappa shape index (κ3) is 3.71. The molecule has 0 aromatic carbocycles. The van der Waals surface area contributed by atoms with Crippen LogP contribution in [-0.4, -0.2) is 47.6 Å². The van der Waals surface area contributed by atoms with Crippen molar-refractivity contribution in [3.05, 3.63) is 0 Å². The van der Waals surface area contributed by atoms with Crippen LogP contribution >= 0.6 is 0 Å². The van der Waals surface area contributed by atoms with Crippen molar-refractivity contribution < 1.29 is 29.3 Å². The second-order valence-electron chi connectivity index (χ2n) is 3.11. The summed E-state index contributed by atoms with van der Waals surface area (Å²) in [5, 5.41) is 16.9. The van der Waals surface area contributed by atoms with E-state index in [0.717, 1.165) is 0 Å². The number of ether oxygens (including phenoxy) is 2. The molecule has 1 saturated heterocycles. The summed E-state index contributed by atoms with van der Waals surface area (Å²) in [7, 11) is 0. The lowest BCUT2D eigenvalue weighted by Gasteiger charge is -2.27. The first-order valence-corrected chi connectivity index (χ1v) is 4.24. The number of hydrogen-bond donors (Lipinski definition) is 2. The van der Waals surface area contributed by atoms with Crippen LogP contribution in [0.2, 0.25) is 0 Å². The zero-order valence-corrected chi connectivity index (χ0v) is 7.51. The summed E-state index contributed by atoms with van der Waals surface area (Å²) in [5.74, 6) is -1.90. The standard InChI is InChI=1S/C8H12O6/c9-7(10)1-5-3-14-6(4-13-5)2-8(11)12/h5-6H,1-4H2,(H,9,10)(H,11,12). The van der Waals surface area contributed by atoms with Crippen molar-refractivity contribution in [1.29, 1.82) is 0 Å². The summed E-state index contributed by atoms with van der Waals surface area (Å²) in [6.45, 7) is 0.286. The Morgan fingerprint density at radius 3 is 1.57 bits per heavy atom. The number of carbonyl (C=O) groups is 2. The van der Waals surface area contributed by atoms with Gasteiger partial charge in [-0.2, -0.15) is 0 Å². The van der Waals surface area contributed by atoms with Crippen LogP contribution in [0.3, 0.4) is 0 Å². The van der Waals surface area contributed by atoms with Crippen LogP contribution in [0.1, 0.15) is 12.8 Å². The summed E-state index contributed by atoms with van der Waals surface area (Å²) < 4.78 is 10.3. The van der Waals surface area contributed by atoms with Gasteiger partial charge in [0.05, 0.1) is 38.3 Å². The molecule has 1 fully saturated rings. The fraction of sp³-hybridized carbons (Fsp3) is 0.750. The highest BCUT2D eigenvalue weighted by atomic mass is 16.6. The van der Waals surface area contributed by atoms with Crippen LogP contribution in [0.5, 0.6) is 0 Å². The number of aliphatic carboxylic acids is 2. The Kier molecular flexibility index (Phi) is 3.84. The van der Waals surface area contributed by atoms with Gasteiger partial charge in [-0.1, -0.05) is 0 Å². The van der Waals surface area contributed by atoms with E-state index < -0.39 is 24.1 Å². The van der Waals surface area contributed by atoms with Gasteiger partial charge in [0.15, 0.2) is 0 Å². The van der Waals surface area contributed by atoms with Gasteiger partial charge >= 0.3 is 11.9 Å². The first-order valence-electron chi connectivity index (χ1n) is 4.24. The van der Waals surface area contributed by atoms with Gasteiger partial charge < -0.3 is 19.7 Å². The third-order valence-corrected chi connectivity index (χ3v) is 1.84. The molecule has 6 nitrogen and oxygen atoms in total. The molecule has 14 heavy (non-hydrogen) atoms. The Labute approximate surface area is 80.4 Å². The normalized spacial score (nSPS) is 27.1. The van der Waals surface area contributed by atoms with Crippen LogP contribution < -0.4 is 0 Å². The van der Waals surface area contributed by atoms with Crippen LogP contribution in [0, 0.1) is 0 Å². The predicted molar refractivity (Wildman–Crippen MR) is 44.0 cm³/mol. The highest BCUT2D eigenvalue weighted by molar-refractivity contribution is 5.68. The monoisotopic (exact) mass is 204 g/mol. The van der Waals surface area contributed by atoms with E-state index in [9.17, 15) is 9.59 Å². The molecule has 0 radical (unpaired) electrons. The lowest BCUT2D eigenvalue weighted by atomic mass is 10.2. The molecule has 0 aliphatic carbocycles. The van der Waals surface area contributed by atoms with Gasteiger partial charge in [-0.25, -0.2) is 0 Å². The van der Waals surface area contributed by atoms with E-state index >= 15 is 0 Å². The molecule has 1 aliphatic heterocycles. The van der Waals surface area contributed by atoms with Crippen molar-refractivity contribution in [2.45, 2.75) is 25.0 Å². The van der Waals surface area contributed by atoms with Gasteiger partial charge in [0.2, 0.25) is 0 Å². The molecule has 0 bridgehead atoms. The zero-order valence-electron chi connectivity index (χ0n) is 7.51. The average molecular weight is 204 g/mol. The Hall–Kier alpha value is -1.14. The molecule has 0 aromatic heterocycles.